The second-order valence-corrected chi connectivity index (χ2v) is 6.74. The van der Waals surface area contributed by atoms with Crippen LogP contribution in [0, 0.1) is 12.7 Å². The third kappa shape index (κ3) is 3.64. The summed E-state index contributed by atoms with van der Waals surface area (Å²) >= 11 is 0. The summed E-state index contributed by atoms with van der Waals surface area (Å²) in [5.41, 5.74) is 6.38. The molecule has 1 aromatic carbocycles. The van der Waals surface area contributed by atoms with Crippen LogP contribution >= 0.6 is 0 Å². The summed E-state index contributed by atoms with van der Waals surface area (Å²) in [6.07, 6.45) is 1.56. The van der Waals surface area contributed by atoms with Gasteiger partial charge in [-0.2, -0.15) is 0 Å². The molecule has 7 nitrogen and oxygen atoms in total. The van der Waals surface area contributed by atoms with Crippen LogP contribution in [0.25, 0.3) is 0 Å². The Labute approximate surface area is 156 Å². The van der Waals surface area contributed by atoms with Gasteiger partial charge < -0.3 is 11.1 Å². The Kier molecular flexibility index (Phi) is 4.65. The monoisotopic (exact) mass is 369 g/mol. The molecule has 140 valence electrons. The molecule has 8 heteroatoms. The molecule has 0 bridgehead atoms. The first-order chi connectivity index (χ1) is 12.7. The molecule has 1 aromatic heterocycles. The Morgan fingerprint density at radius 1 is 1.33 bits per heavy atom. The van der Waals surface area contributed by atoms with E-state index in [1.165, 1.54) is 30.1 Å². The maximum atomic E-state index is 14.5. The zero-order chi connectivity index (χ0) is 19.8. The molecule has 0 aliphatic carbocycles. The molecular weight excluding hydrogens is 349 g/mol. The Morgan fingerprint density at radius 3 is 2.70 bits per heavy atom. The number of hydrogen-bond donors (Lipinski definition) is 2. The van der Waals surface area contributed by atoms with E-state index in [1.54, 1.807) is 25.3 Å². The van der Waals surface area contributed by atoms with Gasteiger partial charge in [0, 0.05) is 24.5 Å². The standard InChI is InChI=1S/C19H20FN5O2/c1-11-4-7-15(22-10-11)17(27)23-12-5-6-14(20)13(8-12)19(2)9-16(26)25(3)18(21)24-19/h4-8,10H,9H2,1-3H3,(H2,21,24)(H,23,27). The van der Waals surface area contributed by atoms with E-state index in [2.05, 4.69) is 15.3 Å². The summed E-state index contributed by atoms with van der Waals surface area (Å²) in [4.78, 5) is 34.1. The van der Waals surface area contributed by atoms with E-state index in [9.17, 15) is 14.0 Å². The summed E-state index contributed by atoms with van der Waals surface area (Å²) < 4.78 is 14.5. The van der Waals surface area contributed by atoms with Crippen LogP contribution in [0.5, 0.6) is 0 Å². The van der Waals surface area contributed by atoms with Crippen LogP contribution in [0.3, 0.4) is 0 Å². The number of nitrogens with zero attached hydrogens (tertiary/aromatic N) is 3. The van der Waals surface area contributed by atoms with Crippen LogP contribution in [-0.2, 0) is 10.3 Å². The third-order valence-corrected chi connectivity index (χ3v) is 4.52. The lowest BCUT2D eigenvalue weighted by Crippen LogP contribution is -2.47. The lowest BCUT2D eigenvalue weighted by Gasteiger charge is -2.34. The van der Waals surface area contributed by atoms with Crippen LogP contribution < -0.4 is 11.1 Å². The number of carbonyl (C=O) groups is 2. The van der Waals surface area contributed by atoms with Gasteiger partial charge in [0.25, 0.3) is 5.91 Å². The average Bonchev–Trinajstić information content (AvgIpc) is 2.61. The minimum atomic E-state index is -1.15. The molecule has 2 heterocycles. The number of benzene rings is 1. The SMILES string of the molecule is Cc1ccc(C(=O)Nc2ccc(F)c(C3(C)CC(=O)N(C)C(N)=N3)c2)nc1. The van der Waals surface area contributed by atoms with E-state index in [0.29, 0.717) is 5.69 Å². The first kappa shape index (κ1) is 18.5. The quantitative estimate of drug-likeness (QED) is 0.866. The van der Waals surface area contributed by atoms with Gasteiger partial charge in [-0.3, -0.25) is 19.5 Å². The highest BCUT2D eigenvalue weighted by atomic mass is 19.1. The number of carbonyl (C=O) groups excluding carboxylic acids is 2. The number of guanidine groups is 1. The van der Waals surface area contributed by atoms with Gasteiger partial charge in [-0.1, -0.05) is 6.07 Å². The number of halogens is 1. The Balaban J connectivity index is 1.92. The van der Waals surface area contributed by atoms with Crippen molar-refractivity contribution in [1.29, 1.82) is 0 Å². The fraction of sp³-hybridized carbons (Fsp3) is 0.263. The van der Waals surface area contributed by atoms with Crippen LogP contribution in [0.2, 0.25) is 0 Å². The van der Waals surface area contributed by atoms with Crippen molar-refractivity contribution in [3.63, 3.8) is 0 Å². The van der Waals surface area contributed by atoms with Crippen molar-refractivity contribution in [2.75, 3.05) is 12.4 Å². The van der Waals surface area contributed by atoms with E-state index in [4.69, 9.17) is 5.73 Å². The zero-order valence-electron chi connectivity index (χ0n) is 15.3. The first-order valence-corrected chi connectivity index (χ1v) is 8.35. The summed E-state index contributed by atoms with van der Waals surface area (Å²) in [6, 6.07) is 7.53. The Morgan fingerprint density at radius 2 is 2.07 bits per heavy atom. The first-order valence-electron chi connectivity index (χ1n) is 8.35. The van der Waals surface area contributed by atoms with Gasteiger partial charge in [-0.15, -0.1) is 0 Å². The van der Waals surface area contributed by atoms with Crippen molar-refractivity contribution < 1.29 is 14.0 Å². The number of nitrogens with two attached hydrogens (primary N) is 1. The van der Waals surface area contributed by atoms with Gasteiger partial charge in [0.1, 0.15) is 11.5 Å². The molecule has 0 spiro atoms. The number of aryl methyl sites for hydroxylation is 1. The molecule has 2 aromatic rings. The highest BCUT2D eigenvalue weighted by Gasteiger charge is 2.38. The van der Waals surface area contributed by atoms with E-state index >= 15 is 0 Å². The van der Waals surface area contributed by atoms with Crippen LogP contribution in [0.15, 0.2) is 41.5 Å². The van der Waals surface area contributed by atoms with E-state index < -0.39 is 17.3 Å². The summed E-state index contributed by atoms with van der Waals surface area (Å²) in [5, 5.41) is 2.69. The molecule has 0 saturated carbocycles. The summed E-state index contributed by atoms with van der Waals surface area (Å²) in [6.45, 7) is 3.51. The van der Waals surface area contributed by atoms with Crippen LogP contribution in [0.1, 0.15) is 35.0 Å². The van der Waals surface area contributed by atoms with Gasteiger partial charge in [0.2, 0.25) is 5.91 Å². The molecule has 1 unspecified atom stereocenters. The van der Waals surface area contributed by atoms with Crippen molar-refractivity contribution in [3.05, 3.63) is 59.2 Å². The number of pyridine rings is 1. The molecule has 1 atom stereocenters. The molecule has 0 fully saturated rings. The molecule has 0 radical (unpaired) electrons. The summed E-state index contributed by atoms with van der Waals surface area (Å²) in [5.74, 6) is -1.19. The molecular formula is C19H20FN5O2. The smallest absolute Gasteiger partial charge is 0.274 e. The molecule has 0 saturated heterocycles. The molecule has 27 heavy (non-hydrogen) atoms. The average molecular weight is 369 g/mol. The fourth-order valence-electron chi connectivity index (χ4n) is 2.88. The number of aromatic nitrogens is 1. The van der Waals surface area contributed by atoms with Gasteiger partial charge in [-0.05, 0) is 43.7 Å². The van der Waals surface area contributed by atoms with Crippen molar-refractivity contribution >= 4 is 23.5 Å². The number of amides is 2. The highest BCUT2D eigenvalue weighted by molar-refractivity contribution is 6.03. The number of anilines is 1. The van der Waals surface area contributed by atoms with Gasteiger partial charge >= 0.3 is 0 Å². The van der Waals surface area contributed by atoms with Crippen molar-refractivity contribution in [1.82, 2.24) is 9.88 Å². The maximum absolute atomic E-state index is 14.5. The van der Waals surface area contributed by atoms with Gasteiger partial charge in [0.15, 0.2) is 5.96 Å². The lowest BCUT2D eigenvalue weighted by atomic mass is 9.87. The second kappa shape index (κ2) is 6.79. The lowest BCUT2D eigenvalue weighted by molar-refractivity contribution is -0.128. The number of hydrogen-bond acceptors (Lipinski definition) is 5. The second-order valence-electron chi connectivity index (χ2n) is 6.74. The van der Waals surface area contributed by atoms with Crippen molar-refractivity contribution in [2.24, 2.45) is 10.7 Å². The largest absolute Gasteiger partial charge is 0.369 e. The van der Waals surface area contributed by atoms with Gasteiger partial charge in [0.05, 0.1) is 12.0 Å². The predicted molar refractivity (Wildman–Crippen MR) is 99.7 cm³/mol. The van der Waals surface area contributed by atoms with E-state index in [1.807, 2.05) is 6.92 Å². The predicted octanol–water partition coefficient (Wildman–Crippen LogP) is 2.17. The number of nitrogens with one attached hydrogen (secondary N) is 1. The third-order valence-electron chi connectivity index (χ3n) is 4.52. The maximum Gasteiger partial charge on any atom is 0.274 e. The molecule has 2 amide bonds. The molecule has 1 aliphatic rings. The van der Waals surface area contributed by atoms with Crippen LogP contribution in [0.4, 0.5) is 10.1 Å². The highest BCUT2D eigenvalue weighted by Crippen LogP contribution is 2.35. The minimum Gasteiger partial charge on any atom is -0.369 e. The van der Waals surface area contributed by atoms with E-state index in [0.717, 1.165) is 5.56 Å². The number of aliphatic imine (C=N–C) groups is 1. The minimum absolute atomic E-state index is 0.0199. The topological polar surface area (TPSA) is 101 Å². The molecule has 3 rings (SSSR count). The van der Waals surface area contributed by atoms with Gasteiger partial charge in [-0.25, -0.2) is 9.38 Å². The molecule has 1 aliphatic heterocycles. The molecule has 3 N–H and O–H groups in total. The normalized spacial score (nSPS) is 19.6. The van der Waals surface area contributed by atoms with Crippen molar-refractivity contribution in [2.45, 2.75) is 25.8 Å². The Bertz CT molecular complexity index is 942. The fourth-order valence-corrected chi connectivity index (χ4v) is 2.88. The van der Waals surface area contributed by atoms with Crippen molar-refractivity contribution in [3.8, 4) is 0 Å². The summed E-state index contributed by atoms with van der Waals surface area (Å²) in [7, 11) is 1.52. The Hall–Kier alpha value is -3.29. The zero-order valence-corrected chi connectivity index (χ0v) is 15.3. The number of rotatable bonds is 3. The van der Waals surface area contributed by atoms with E-state index in [-0.39, 0.29) is 29.5 Å². The van der Waals surface area contributed by atoms with Crippen LogP contribution in [-0.4, -0.2) is 34.7 Å².